The molecule has 6 heteroatoms. The molecule has 0 aromatic carbocycles. The summed E-state index contributed by atoms with van der Waals surface area (Å²) in [7, 11) is 0. The molecular formula is C9H14F6. The maximum absolute atomic E-state index is 12.0. The molecule has 2 unspecified atom stereocenters. The molecule has 0 heterocycles. The monoisotopic (exact) mass is 236 g/mol. The molecule has 0 aliphatic carbocycles. The molecule has 2 atom stereocenters. The zero-order chi connectivity index (χ0) is 12.3. The fourth-order valence-corrected chi connectivity index (χ4v) is 1.58. The third-order valence-electron chi connectivity index (χ3n) is 2.38. The molecule has 0 rings (SSSR count). The van der Waals surface area contributed by atoms with E-state index in [0.717, 1.165) is 0 Å². The fourth-order valence-electron chi connectivity index (χ4n) is 1.58. The van der Waals surface area contributed by atoms with Crippen LogP contribution >= 0.6 is 0 Å². The largest absolute Gasteiger partial charge is 0.389 e. The van der Waals surface area contributed by atoms with Crippen molar-refractivity contribution in [1.82, 2.24) is 0 Å². The summed E-state index contributed by atoms with van der Waals surface area (Å²) in [6.45, 7) is 2.69. The van der Waals surface area contributed by atoms with E-state index in [0.29, 0.717) is 0 Å². The van der Waals surface area contributed by atoms with E-state index in [1.807, 2.05) is 0 Å². The van der Waals surface area contributed by atoms with Gasteiger partial charge in [0, 0.05) is 12.8 Å². The Hall–Kier alpha value is -0.420. The molecule has 0 N–H and O–H groups in total. The van der Waals surface area contributed by atoms with Gasteiger partial charge in [0.05, 0.1) is 0 Å². The van der Waals surface area contributed by atoms with Gasteiger partial charge >= 0.3 is 12.4 Å². The summed E-state index contributed by atoms with van der Waals surface area (Å²) < 4.78 is 71.9. The van der Waals surface area contributed by atoms with Gasteiger partial charge in [-0.25, -0.2) is 0 Å². The number of rotatable bonds is 4. The Balaban J connectivity index is 4.29. The summed E-state index contributed by atoms with van der Waals surface area (Å²) in [6.07, 6.45) is -11.0. The van der Waals surface area contributed by atoms with Gasteiger partial charge in [-0.3, -0.25) is 0 Å². The predicted molar refractivity (Wildman–Crippen MR) is 44.3 cm³/mol. The third-order valence-corrected chi connectivity index (χ3v) is 2.38. The molecule has 0 aliphatic heterocycles. The summed E-state index contributed by atoms with van der Waals surface area (Å²) in [5.74, 6) is -1.94. The smallest absolute Gasteiger partial charge is 0.171 e. The standard InChI is InChI=1S/C9H14F6/c1-3-7(5-9(13,14)15)6(2)4-8(10,11)12/h6-7H,3-5H2,1-2H3. The first kappa shape index (κ1) is 14.6. The van der Waals surface area contributed by atoms with Gasteiger partial charge < -0.3 is 0 Å². The Morgan fingerprint density at radius 1 is 0.867 bits per heavy atom. The molecule has 0 aromatic heterocycles. The van der Waals surface area contributed by atoms with Crippen LogP contribution in [-0.4, -0.2) is 12.4 Å². The first-order valence-corrected chi connectivity index (χ1v) is 4.68. The molecule has 0 nitrogen and oxygen atoms in total. The number of hydrogen-bond donors (Lipinski definition) is 0. The highest BCUT2D eigenvalue weighted by atomic mass is 19.4. The van der Waals surface area contributed by atoms with Crippen molar-refractivity contribution >= 4 is 0 Å². The summed E-state index contributed by atoms with van der Waals surface area (Å²) in [4.78, 5) is 0. The summed E-state index contributed by atoms with van der Waals surface area (Å²) in [5, 5.41) is 0. The Kier molecular flexibility index (Phi) is 4.93. The summed E-state index contributed by atoms with van der Waals surface area (Å²) in [6, 6.07) is 0. The van der Waals surface area contributed by atoms with Crippen molar-refractivity contribution in [2.75, 3.05) is 0 Å². The molecule has 0 fully saturated rings. The van der Waals surface area contributed by atoms with Crippen molar-refractivity contribution in [3.63, 3.8) is 0 Å². The Labute approximate surface area is 84.7 Å². The molecule has 0 spiro atoms. The molecule has 0 saturated carbocycles. The second kappa shape index (κ2) is 5.07. The maximum atomic E-state index is 12.0. The van der Waals surface area contributed by atoms with E-state index < -0.39 is 37.0 Å². The van der Waals surface area contributed by atoms with Crippen molar-refractivity contribution in [2.45, 2.75) is 45.5 Å². The van der Waals surface area contributed by atoms with Crippen LogP contribution in [0.25, 0.3) is 0 Å². The molecule has 92 valence electrons. The van der Waals surface area contributed by atoms with Crippen LogP contribution in [0.3, 0.4) is 0 Å². The van der Waals surface area contributed by atoms with E-state index in [-0.39, 0.29) is 6.42 Å². The molecule has 0 radical (unpaired) electrons. The van der Waals surface area contributed by atoms with Crippen molar-refractivity contribution < 1.29 is 26.3 Å². The van der Waals surface area contributed by atoms with Crippen molar-refractivity contribution in [3.05, 3.63) is 0 Å². The van der Waals surface area contributed by atoms with Crippen molar-refractivity contribution in [2.24, 2.45) is 11.8 Å². The number of alkyl halides is 6. The number of halogens is 6. The SMILES string of the molecule is CCC(CC(F)(F)F)C(C)CC(F)(F)F. The zero-order valence-corrected chi connectivity index (χ0v) is 8.54. The summed E-state index contributed by atoms with van der Waals surface area (Å²) >= 11 is 0. The van der Waals surface area contributed by atoms with E-state index in [9.17, 15) is 26.3 Å². The van der Waals surface area contributed by atoms with Gasteiger partial charge in [-0.2, -0.15) is 26.3 Å². The zero-order valence-electron chi connectivity index (χ0n) is 8.54. The van der Waals surface area contributed by atoms with E-state index in [1.54, 1.807) is 0 Å². The average Bonchev–Trinajstić information content (AvgIpc) is 1.94. The maximum Gasteiger partial charge on any atom is 0.389 e. The van der Waals surface area contributed by atoms with Gasteiger partial charge in [0.15, 0.2) is 0 Å². The molecule has 0 bridgehead atoms. The molecular weight excluding hydrogens is 222 g/mol. The van der Waals surface area contributed by atoms with Gasteiger partial charge in [0.2, 0.25) is 0 Å². The highest BCUT2D eigenvalue weighted by Crippen LogP contribution is 2.36. The first-order valence-electron chi connectivity index (χ1n) is 4.68. The van der Waals surface area contributed by atoms with Crippen LogP contribution in [-0.2, 0) is 0 Å². The topological polar surface area (TPSA) is 0 Å². The van der Waals surface area contributed by atoms with E-state index in [1.165, 1.54) is 13.8 Å². The molecule has 0 saturated heterocycles. The van der Waals surface area contributed by atoms with Gasteiger partial charge in [-0.1, -0.05) is 20.3 Å². The normalized spacial score (nSPS) is 17.6. The molecule has 0 amide bonds. The second-order valence-electron chi connectivity index (χ2n) is 3.78. The fraction of sp³-hybridized carbons (Fsp3) is 1.00. The average molecular weight is 236 g/mol. The molecule has 0 aromatic rings. The van der Waals surface area contributed by atoms with Crippen LogP contribution in [0.15, 0.2) is 0 Å². The minimum atomic E-state index is -4.39. The minimum absolute atomic E-state index is 0.108. The first-order chi connectivity index (χ1) is 6.55. The lowest BCUT2D eigenvalue weighted by Crippen LogP contribution is -2.24. The highest BCUT2D eigenvalue weighted by molar-refractivity contribution is 4.71. The Bertz CT molecular complexity index is 180. The Morgan fingerprint density at radius 3 is 1.53 bits per heavy atom. The van der Waals surface area contributed by atoms with Crippen LogP contribution in [0.4, 0.5) is 26.3 Å². The number of hydrogen-bond acceptors (Lipinski definition) is 0. The molecule has 0 aliphatic rings. The van der Waals surface area contributed by atoms with Crippen LogP contribution in [0.2, 0.25) is 0 Å². The van der Waals surface area contributed by atoms with E-state index in [4.69, 9.17) is 0 Å². The highest BCUT2D eigenvalue weighted by Gasteiger charge is 2.38. The van der Waals surface area contributed by atoms with Gasteiger partial charge in [0.1, 0.15) is 0 Å². The van der Waals surface area contributed by atoms with E-state index in [2.05, 4.69) is 0 Å². The van der Waals surface area contributed by atoms with Crippen LogP contribution < -0.4 is 0 Å². The quantitative estimate of drug-likeness (QED) is 0.628. The lowest BCUT2D eigenvalue weighted by atomic mass is 9.86. The summed E-state index contributed by atoms with van der Waals surface area (Å²) in [5.41, 5.74) is 0. The van der Waals surface area contributed by atoms with E-state index >= 15 is 0 Å². The minimum Gasteiger partial charge on any atom is -0.171 e. The lowest BCUT2D eigenvalue weighted by molar-refractivity contribution is -0.166. The van der Waals surface area contributed by atoms with Gasteiger partial charge in [-0.05, 0) is 11.8 Å². The van der Waals surface area contributed by atoms with Crippen LogP contribution in [0.5, 0.6) is 0 Å². The third kappa shape index (κ3) is 7.50. The van der Waals surface area contributed by atoms with Crippen LogP contribution in [0, 0.1) is 11.8 Å². The van der Waals surface area contributed by atoms with Crippen molar-refractivity contribution in [3.8, 4) is 0 Å². The second-order valence-corrected chi connectivity index (χ2v) is 3.78. The van der Waals surface area contributed by atoms with Gasteiger partial charge in [-0.15, -0.1) is 0 Å². The lowest BCUT2D eigenvalue weighted by Gasteiger charge is -2.24. The molecule has 15 heavy (non-hydrogen) atoms. The van der Waals surface area contributed by atoms with Crippen LogP contribution in [0.1, 0.15) is 33.1 Å². The Morgan fingerprint density at radius 2 is 1.27 bits per heavy atom. The predicted octanol–water partition coefficient (Wildman–Crippen LogP) is 4.55. The van der Waals surface area contributed by atoms with Gasteiger partial charge in [0.25, 0.3) is 0 Å². The van der Waals surface area contributed by atoms with Crippen molar-refractivity contribution in [1.29, 1.82) is 0 Å².